The molecule has 1 aliphatic carbocycles. The van der Waals surface area contributed by atoms with E-state index in [1.807, 2.05) is 29.2 Å². The van der Waals surface area contributed by atoms with Gasteiger partial charge in [0.2, 0.25) is 5.91 Å². The van der Waals surface area contributed by atoms with Crippen molar-refractivity contribution in [1.82, 2.24) is 10.2 Å². The molecule has 2 amide bonds. The fraction of sp³-hybridized carbons (Fsp3) is 0.619. The summed E-state index contributed by atoms with van der Waals surface area (Å²) in [6.07, 6.45) is 5.39. The summed E-state index contributed by atoms with van der Waals surface area (Å²) in [4.78, 5) is 27.1. The van der Waals surface area contributed by atoms with E-state index < -0.39 is 0 Å². The zero-order valence-electron chi connectivity index (χ0n) is 16.0. The standard InChI is InChI=1S/C21H29N3O2.ClH/c1-15-6-12-24(13-7-15)20(26)16-2-4-17(5-3-16)23-19(25)18-14-21(18)8-10-22-11-9-21;/h2-5,15,18,22H,6-14H2,1H3,(H,23,25);1H. The highest BCUT2D eigenvalue weighted by Crippen LogP contribution is 2.58. The maximum absolute atomic E-state index is 12.6. The van der Waals surface area contributed by atoms with Crippen LogP contribution in [0.25, 0.3) is 0 Å². The average molecular weight is 392 g/mol. The summed E-state index contributed by atoms with van der Waals surface area (Å²) < 4.78 is 0. The molecule has 0 aromatic heterocycles. The number of hydrogen-bond acceptors (Lipinski definition) is 3. The maximum atomic E-state index is 12.6. The van der Waals surface area contributed by atoms with Gasteiger partial charge in [0.05, 0.1) is 0 Å². The fourth-order valence-corrected chi connectivity index (χ4v) is 4.52. The van der Waals surface area contributed by atoms with Gasteiger partial charge in [0.15, 0.2) is 0 Å². The largest absolute Gasteiger partial charge is 0.339 e. The molecule has 0 bridgehead atoms. The lowest BCUT2D eigenvalue weighted by atomic mass is 9.92. The lowest BCUT2D eigenvalue weighted by Gasteiger charge is -2.30. The third-order valence-electron chi connectivity index (χ3n) is 6.58. The van der Waals surface area contributed by atoms with Crippen LogP contribution in [0.4, 0.5) is 5.69 Å². The van der Waals surface area contributed by atoms with Crippen LogP contribution >= 0.6 is 12.4 Å². The molecule has 2 aliphatic heterocycles. The molecular weight excluding hydrogens is 362 g/mol. The van der Waals surface area contributed by atoms with Crippen LogP contribution in [0, 0.1) is 17.3 Å². The Morgan fingerprint density at radius 2 is 1.74 bits per heavy atom. The van der Waals surface area contributed by atoms with E-state index >= 15 is 0 Å². The number of anilines is 1. The lowest BCUT2D eigenvalue weighted by Crippen LogP contribution is -2.37. The first-order valence-electron chi connectivity index (χ1n) is 9.98. The van der Waals surface area contributed by atoms with Gasteiger partial charge in [-0.3, -0.25) is 9.59 Å². The maximum Gasteiger partial charge on any atom is 0.253 e. The molecule has 2 heterocycles. The van der Waals surface area contributed by atoms with E-state index in [0.29, 0.717) is 11.5 Å². The highest BCUT2D eigenvalue weighted by molar-refractivity contribution is 5.97. The molecule has 1 unspecified atom stereocenters. The monoisotopic (exact) mass is 391 g/mol. The Balaban J connectivity index is 0.00000210. The number of carbonyl (C=O) groups is 2. The van der Waals surface area contributed by atoms with Crippen molar-refractivity contribution in [3.05, 3.63) is 29.8 Å². The van der Waals surface area contributed by atoms with Crippen molar-refractivity contribution in [2.45, 2.75) is 39.0 Å². The van der Waals surface area contributed by atoms with Crippen LogP contribution in [0.2, 0.25) is 0 Å². The second kappa shape index (κ2) is 8.19. The zero-order chi connectivity index (χ0) is 18.1. The Bertz CT molecular complexity index is 677. The molecule has 6 heteroatoms. The average Bonchev–Trinajstić information content (AvgIpc) is 3.36. The number of hydrogen-bond donors (Lipinski definition) is 2. The number of benzene rings is 1. The summed E-state index contributed by atoms with van der Waals surface area (Å²) in [6, 6.07) is 7.39. The minimum Gasteiger partial charge on any atom is -0.339 e. The SMILES string of the molecule is CC1CCN(C(=O)c2ccc(NC(=O)C3CC34CCNCC4)cc2)CC1.Cl. The fourth-order valence-electron chi connectivity index (χ4n) is 4.52. The Kier molecular flexibility index (Phi) is 6.11. The highest BCUT2D eigenvalue weighted by atomic mass is 35.5. The Hall–Kier alpha value is -1.59. The number of piperidine rings is 2. The summed E-state index contributed by atoms with van der Waals surface area (Å²) in [7, 11) is 0. The third kappa shape index (κ3) is 4.30. The van der Waals surface area contributed by atoms with Crippen LogP contribution < -0.4 is 10.6 Å². The summed E-state index contributed by atoms with van der Waals surface area (Å²) in [5, 5.41) is 6.41. The minimum absolute atomic E-state index is 0. The van der Waals surface area contributed by atoms with Crippen molar-refractivity contribution in [3.63, 3.8) is 0 Å². The van der Waals surface area contributed by atoms with Crippen LogP contribution in [-0.2, 0) is 4.79 Å². The summed E-state index contributed by atoms with van der Waals surface area (Å²) in [6.45, 7) is 5.98. The molecule has 2 N–H and O–H groups in total. The van der Waals surface area contributed by atoms with Crippen molar-refractivity contribution in [2.75, 3.05) is 31.5 Å². The molecule has 27 heavy (non-hydrogen) atoms. The molecule has 1 aromatic carbocycles. The molecule has 5 nitrogen and oxygen atoms in total. The van der Waals surface area contributed by atoms with Gasteiger partial charge in [-0.1, -0.05) is 6.92 Å². The van der Waals surface area contributed by atoms with E-state index in [2.05, 4.69) is 17.6 Å². The first-order valence-corrected chi connectivity index (χ1v) is 9.98. The summed E-state index contributed by atoms with van der Waals surface area (Å²) in [5.41, 5.74) is 1.74. The number of amides is 2. The topological polar surface area (TPSA) is 61.4 Å². The quantitative estimate of drug-likeness (QED) is 0.830. The van der Waals surface area contributed by atoms with Crippen molar-refractivity contribution in [1.29, 1.82) is 0 Å². The van der Waals surface area contributed by atoms with Crippen molar-refractivity contribution in [3.8, 4) is 0 Å². The van der Waals surface area contributed by atoms with Gasteiger partial charge in [0, 0.05) is 30.3 Å². The normalized spacial score (nSPS) is 24.2. The van der Waals surface area contributed by atoms with Crippen LogP contribution in [0.3, 0.4) is 0 Å². The van der Waals surface area contributed by atoms with Crippen LogP contribution in [0.15, 0.2) is 24.3 Å². The van der Waals surface area contributed by atoms with Gasteiger partial charge in [-0.2, -0.15) is 0 Å². The first-order chi connectivity index (χ1) is 12.6. The molecule has 0 radical (unpaired) electrons. The van der Waals surface area contributed by atoms with Gasteiger partial charge in [-0.25, -0.2) is 0 Å². The van der Waals surface area contributed by atoms with Gasteiger partial charge in [-0.05, 0) is 80.8 Å². The van der Waals surface area contributed by atoms with E-state index in [9.17, 15) is 9.59 Å². The van der Waals surface area contributed by atoms with Gasteiger partial charge in [-0.15, -0.1) is 12.4 Å². The lowest BCUT2D eigenvalue weighted by molar-refractivity contribution is -0.118. The van der Waals surface area contributed by atoms with Gasteiger partial charge in [0.25, 0.3) is 5.91 Å². The summed E-state index contributed by atoms with van der Waals surface area (Å²) >= 11 is 0. The van der Waals surface area contributed by atoms with E-state index in [-0.39, 0.29) is 35.6 Å². The van der Waals surface area contributed by atoms with Gasteiger partial charge in [0.1, 0.15) is 0 Å². The minimum atomic E-state index is 0. The molecule has 3 aliphatic rings. The Morgan fingerprint density at radius 3 is 2.37 bits per heavy atom. The second-order valence-electron chi connectivity index (χ2n) is 8.41. The van der Waals surface area contributed by atoms with Gasteiger partial charge < -0.3 is 15.5 Å². The molecule has 1 spiro atoms. The molecule has 148 valence electrons. The van der Waals surface area contributed by atoms with Crippen LogP contribution in [0.5, 0.6) is 0 Å². The molecule has 4 rings (SSSR count). The molecular formula is C21H30ClN3O2. The number of carbonyl (C=O) groups excluding carboxylic acids is 2. The van der Waals surface area contributed by atoms with Crippen molar-refractivity contribution < 1.29 is 9.59 Å². The molecule has 2 saturated heterocycles. The Labute approximate surface area is 167 Å². The van der Waals surface area contributed by atoms with Crippen LogP contribution in [0.1, 0.15) is 49.4 Å². The van der Waals surface area contributed by atoms with E-state index in [1.54, 1.807) is 0 Å². The van der Waals surface area contributed by atoms with Gasteiger partial charge >= 0.3 is 0 Å². The van der Waals surface area contributed by atoms with E-state index in [0.717, 1.165) is 64.0 Å². The zero-order valence-corrected chi connectivity index (χ0v) is 16.8. The number of nitrogens with zero attached hydrogens (tertiary/aromatic N) is 1. The van der Waals surface area contributed by atoms with Crippen molar-refractivity contribution >= 4 is 29.9 Å². The molecule has 3 fully saturated rings. The molecule has 1 aromatic rings. The highest BCUT2D eigenvalue weighted by Gasteiger charge is 2.57. The Morgan fingerprint density at radius 1 is 1.11 bits per heavy atom. The molecule has 1 atom stereocenters. The number of likely N-dealkylation sites (tertiary alicyclic amines) is 1. The predicted octanol–water partition coefficient (Wildman–Crippen LogP) is 3.31. The summed E-state index contributed by atoms with van der Waals surface area (Å²) in [5.74, 6) is 1.10. The van der Waals surface area contributed by atoms with E-state index in [4.69, 9.17) is 0 Å². The van der Waals surface area contributed by atoms with Crippen LogP contribution in [-0.4, -0.2) is 42.9 Å². The third-order valence-corrected chi connectivity index (χ3v) is 6.58. The number of halogens is 1. The second-order valence-corrected chi connectivity index (χ2v) is 8.41. The predicted molar refractivity (Wildman–Crippen MR) is 109 cm³/mol. The number of nitrogens with one attached hydrogen (secondary N) is 2. The first kappa shape index (κ1) is 20.2. The number of rotatable bonds is 3. The van der Waals surface area contributed by atoms with Crippen molar-refractivity contribution in [2.24, 2.45) is 17.3 Å². The van der Waals surface area contributed by atoms with E-state index in [1.165, 1.54) is 0 Å². The smallest absolute Gasteiger partial charge is 0.253 e. The molecule has 1 saturated carbocycles.